The first kappa shape index (κ1) is 15.4. The van der Waals surface area contributed by atoms with Crippen molar-refractivity contribution in [2.24, 2.45) is 0 Å². The molecule has 0 atom stereocenters. The van der Waals surface area contributed by atoms with Gasteiger partial charge in [0.1, 0.15) is 17.3 Å². The first-order chi connectivity index (χ1) is 8.80. The molecule has 0 heterocycles. The summed E-state index contributed by atoms with van der Waals surface area (Å²) in [4.78, 5) is 10.6. The van der Waals surface area contributed by atoms with E-state index in [1.54, 1.807) is 6.92 Å². The fraction of sp³-hybridized carbons (Fsp3) is 0.364. The highest BCUT2D eigenvalue weighted by atomic mass is 32.2. The van der Waals surface area contributed by atoms with E-state index < -0.39 is 33.3 Å². The summed E-state index contributed by atoms with van der Waals surface area (Å²) < 4.78 is 43.1. The lowest BCUT2D eigenvalue weighted by Gasteiger charge is -2.17. The number of hydrogen-bond acceptors (Lipinski definition) is 5. The standard InChI is InChI=1S/C11H15FN2O4S/c1-3-18-10(15)7-14(2)19(16,17)11-8(12)5-4-6-9(11)13/h4-6H,3,7,13H2,1-2H3. The van der Waals surface area contributed by atoms with E-state index in [9.17, 15) is 17.6 Å². The van der Waals surface area contributed by atoms with Crippen LogP contribution in [0.25, 0.3) is 0 Å². The Balaban J connectivity index is 3.07. The van der Waals surface area contributed by atoms with E-state index >= 15 is 0 Å². The van der Waals surface area contributed by atoms with E-state index in [-0.39, 0.29) is 12.3 Å². The Hall–Kier alpha value is -1.67. The monoisotopic (exact) mass is 290 g/mol. The van der Waals surface area contributed by atoms with Gasteiger partial charge in [-0.25, -0.2) is 12.8 Å². The predicted molar refractivity (Wildman–Crippen MR) is 67.3 cm³/mol. The smallest absolute Gasteiger partial charge is 0.321 e. The lowest BCUT2D eigenvalue weighted by atomic mass is 10.3. The molecule has 0 fully saturated rings. The number of esters is 1. The van der Waals surface area contributed by atoms with Gasteiger partial charge in [-0.2, -0.15) is 4.31 Å². The lowest BCUT2D eigenvalue weighted by molar-refractivity contribution is -0.143. The van der Waals surface area contributed by atoms with Gasteiger partial charge in [-0.15, -0.1) is 0 Å². The maximum atomic E-state index is 13.6. The van der Waals surface area contributed by atoms with Gasteiger partial charge < -0.3 is 10.5 Å². The fourth-order valence-corrected chi connectivity index (χ4v) is 2.69. The molecule has 106 valence electrons. The first-order valence-corrected chi connectivity index (χ1v) is 6.90. The van der Waals surface area contributed by atoms with Crippen LogP contribution in [0.3, 0.4) is 0 Å². The van der Waals surface area contributed by atoms with Crippen molar-refractivity contribution >= 4 is 21.7 Å². The third kappa shape index (κ3) is 3.42. The Morgan fingerprint density at radius 3 is 2.63 bits per heavy atom. The van der Waals surface area contributed by atoms with Crippen LogP contribution in [0.4, 0.5) is 10.1 Å². The van der Waals surface area contributed by atoms with Gasteiger partial charge in [-0.1, -0.05) is 6.07 Å². The quantitative estimate of drug-likeness (QED) is 0.633. The van der Waals surface area contributed by atoms with Crippen molar-refractivity contribution in [3.8, 4) is 0 Å². The third-order valence-corrected chi connectivity index (χ3v) is 4.22. The summed E-state index contributed by atoms with van der Waals surface area (Å²) in [5.41, 5.74) is 5.26. The Bertz CT molecular complexity index is 554. The zero-order valence-electron chi connectivity index (χ0n) is 10.6. The van der Waals surface area contributed by atoms with E-state index in [1.807, 2.05) is 0 Å². The van der Waals surface area contributed by atoms with Crippen LogP contribution in [-0.4, -0.2) is 38.9 Å². The van der Waals surface area contributed by atoms with Gasteiger partial charge in [-0.05, 0) is 19.1 Å². The van der Waals surface area contributed by atoms with Gasteiger partial charge in [0, 0.05) is 7.05 Å². The highest BCUT2D eigenvalue weighted by Gasteiger charge is 2.28. The molecule has 2 N–H and O–H groups in total. The summed E-state index contributed by atoms with van der Waals surface area (Å²) in [6, 6.07) is 3.56. The van der Waals surface area contributed by atoms with Gasteiger partial charge in [0.05, 0.1) is 12.3 Å². The minimum absolute atomic E-state index is 0.133. The number of nitrogen functional groups attached to an aromatic ring is 1. The molecule has 0 aromatic heterocycles. The average Bonchev–Trinajstić information content (AvgIpc) is 2.28. The number of rotatable bonds is 5. The van der Waals surface area contributed by atoms with Gasteiger partial charge in [0.25, 0.3) is 0 Å². The molecule has 6 nitrogen and oxygen atoms in total. The fourth-order valence-electron chi connectivity index (χ4n) is 1.43. The Labute approximate surface area is 111 Å². The number of hydrogen-bond donors (Lipinski definition) is 1. The van der Waals surface area contributed by atoms with Crippen LogP contribution in [-0.2, 0) is 19.6 Å². The maximum Gasteiger partial charge on any atom is 0.321 e. The van der Waals surface area contributed by atoms with Crippen molar-refractivity contribution in [1.29, 1.82) is 0 Å². The van der Waals surface area contributed by atoms with E-state index in [2.05, 4.69) is 4.74 Å². The molecule has 1 rings (SSSR count). The molecular weight excluding hydrogens is 275 g/mol. The summed E-state index contributed by atoms with van der Waals surface area (Å²) >= 11 is 0. The highest BCUT2D eigenvalue weighted by molar-refractivity contribution is 7.89. The van der Waals surface area contributed by atoms with E-state index in [4.69, 9.17) is 5.73 Å². The summed E-state index contributed by atoms with van der Waals surface area (Å²) in [7, 11) is -3.03. The topological polar surface area (TPSA) is 89.7 Å². The Morgan fingerprint density at radius 1 is 1.47 bits per heavy atom. The number of carbonyl (C=O) groups excluding carboxylic acids is 1. The van der Waals surface area contributed by atoms with E-state index in [0.717, 1.165) is 13.1 Å². The second-order valence-corrected chi connectivity index (χ2v) is 5.71. The SMILES string of the molecule is CCOC(=O)CN(C)S(=O)(=O)c1c(N)cccc1F. The lowest BCUT2D eigenvalue weighted by Crippen LogP contribution is -2.34. The normalized spacial score (nSPS) is 11.6. The van der Waals surface area contributed by atoms with Crippen LogP contribution in [0.1, 0.15) is 6.92 Å². The minimum Gasteiger partial charge on any atom is -0.465 e. The highest BCUT2D eigenvalue weighted by Crippen LogP contribution is 2.24. The van der Waals surface area contributed by atoms with Gasteiger partial charge in [-0.3, -0.25) is 4.79 Å². The zero-order chi connectivity index (χ0) is 14.6. The molecule has 19 heavy (non-hydrogen) atoms. The van der Waals surface area contributed by atoms with Crippen LogP contribution in [0.2, 0.25) is 0 Å². The molecule has 0 aliphatic heterocycles. The Morgan fingerprint density at radius 2 is 2.11 bits per heavy atom. The zero-order valence-corrected chi connectivity index (χ0v) is 11.4. The third-order valence-electron chi connectivity index (χ3n) is 2.32. The van der Waals surface area contributed by atoms with Crippen LogP contribution >= 0.6 is 0 Å². The molecular formula is C11H15FN2O4S. The number of carbonyl (C=O) groups is 1. The molecule has 0 radical (unpaired) electrons. The number of sulfonamides is 1. The van der Waals surface area contributed by atoms with Crippen LogP contribution in [0.5, 0.6) is 0 Å². The average molecular weight is 290 g/mol. The van der Waals surface area contributed by atoms with Gasteiger partial charge in [0.2, 0.25) is 10.0 Å². The van der Waals surface area contributed by atoms with Crippen molar-refractivity contribution in [2.75, 3.05) is 25.9 Å². The second-order valence-electron chi connectivity index (χ2n) is 3.72. The minimum atomic E-state index is -4.18. The second kappa shape index (κ2) is 5.98. The van der Waals surface area contributed by atoms with E-state index in [1.165, 1.54) is 12.1 Å². The number of benzene rings is 1. The van der Waals surface area contributed by atoms with Crippen molar-refractivity contribution in [3.05, 3.63) is 24.0 Å². The number of halogens is 1. The van der Waals surface area contributed by atoms with Crippen molar-refractivity contribution in [2.45, 2.75) is 11.8 Å². The molecule has 0 aliphatic carbocycles. The number of nitrogens with two attached hydrogens (primary N) is 1. The largest absolute Gasteiger partial charge is 0.465 e. The molecule has 0 spiro atoms. The van der Waals surface area contributed by atoms with Crippen molar-refractivity contribution < 1.29 is 22.3 Å². The van der Waals surface area contributed by atoms with Crippen molar-refractivity contribution in [1.82, 2.24) is 4.31 Å². The molecule has 0 saturated heterocycles. The molecule has 0 bridgehead atoms. The number of ether oxygens (including phenoxy) is 1. The summed E-state index contributed by atoms with van der Waals surface area (Å²) in [6.07, 6.45) is 0. The molecule has 0 aliphatic rings. The van der Waals surface area contributed by atoms with Crippen LogP contribution in [0, 0.1) is 5.82 Å². The molecule has 0 saturated carbocycles. The molecule has 0 unspecified atom stereocenters. The molecule has 0 amide bonds. The number of anilines is 1. The van der Waals surface area contributed by atoms with Gasteiger partial charge in [0.15, 0.2) is 0 Å². The summed E-state index contributed by atoms with van der Waals surface area (Å²) in [5.74, 6) is -1.68. The molecule has 1 aromatic rings. The summed E-state index contributed by atoms with van der Waals surface area (Å²) in [6.45, 7) is 1.22. The molecule has 8 heteroatoms. The number of nitrogens with zero attached hydrogens (tertiary/aromatic N) is 1. The van der Waals surface area contributed by atoms with E-state index in [0.29, 0.717) is 4.31 Å². The Kier molecular flexibility index (Phi) is 4.84. The molecule has 1 aromatic carbocycles. The van der Waals surface area contributed by atoms with Crippen LogP contribution < -0.4 is 5.73 Å². The number of likely N-dealkylation sites (N-methyl/N-ethyl adjacent to an activating group) is 1. The van der Waals surface area contributed by atoms with Crippen molar-refractivity contribution in [3.63, 3.8) is 0 Å². The summed E-state index contributed by atoms with van der Waals surface area (Å²) in [5, 5.41) is 0. The van der Waals surface area contributed by atoms with Crippen LogP contribution in [0.15, 0.2) is 23.1 Å². The first-order valence-electron chi connectivity index (χ1n) is 5.46. The van der Waals surface area contributed by atoms with Gasteiger partial charge >= 0.3 is 5.97 Å². The maximum absolute atomic E-state index is 13.6. The predicted octanol–water partition coefficient (Wildman–Crippen LogP) is 0.592.